The Bertz CT molecular complexity index is 1020. The van der Waals surface area contributed by atoms with Crippen molar-refractivity contribution in [3.8, 4) is 0 Å². The summed E-state index contributed by atoms with van der Waals surface area (Å²) in [7, 11) is 0. The standard InChI is InChI=1S/C21H24N6O2/c1-2-26-19(24-27(21(26)29)15-16-6-4-3-5-7-16)17-8-12-25(13-9-17)20(28)18-14-22-10-11-23-18/h3-7,10-11,14,17H,2,8-9,12-13,15H2,1H3. The van der Waals surface area contributed by atoms with E-state index in [-0.39, 0.29) is 17.5 Å². The number of amides is 1. The zero-order valence-electron chi connectivity index (χ0n) is 16.4. The number of piperidine rings is 1. The number of hydrogen-bond donors (Lipinski definition) is 0. The van der Waals surface area contributed by atoms with Gasteiger partial charge in [-0.05, 0) is 25.3 Å². The quantitative estimate of drug-likeness (QED) is 0.662. The van der Waals surface area contributed by atoms with Crippen LogP contribution in [0.3, 0.4) is 0 Å². The zero-order valence-corrected chi connectivity index (χ0v) is 16.4. The molecule has 1 fully saturated rings. The normalized spacial score (nSPS) is 14.9. The molecule has 3 aromatic rings. The second kappa shape index (κ2) is 8.38. The predicted molar refractivity (Wildman–Crippen MR) is 108 cm³/mol. The Labute approximate surface area is 168 Å². The van der Waals surface area contributed by atoms with Crippen LogP contribution in [0.5, 0.6) is 0 Å². The van der Waals surface area contributed by atoms with E-state index < -0.39 is 0 Å². The Morgan fingerprint density at radius 1 is 1.14 bits per heavy atom. The van der Waals surface area contributed by atoms with Gasteiger partial charge in [0.25, 0.3) is 5.91 Å². The van der Waals surface area contributed by atoms with Crippen molar-refractivity contribution in [3.05, 3.63) is 76.5 Å². The summed E-state index contributed by atoms with van der Waals surface area (Å²) in [4.78, 5) is 35.3. The van der Waals surface area contributed by atoms with E-state index in [1.165, 1.54) is 12.4 Å². The average molecular weight is 392 g/mol. The topological polar surface area (TPSA) is 85.9 Å². The maximum absolute atomic E-state index is 12.8. The summed E-state index contributed by atoms with van der Waals surface area (Å²) in [5.41, 5.74) is 1.33. The summed E-state index contributed by atoms with van der Waals surface area (Å²) >= 11 is 0. The van der Waals surface area contributed by atoms with Gasteiger partial charge in [0.2, 0.25) is 0 Å². The molecule has 4 rings (SSSR count). The van der Waals surface area contributed by atoms with Gasteiger partial charge in [0, 0.05) is 37.9 Å². The number of aromatic nitrogens is 5. The molecule has 3 heterocycles. The second-order valence-electron chi connectivity index (χ2n) is 7.19. The van der Waals surface area contributed by atoms with E-state index in [0.29, 0.717) is 31.9 Å². The molecule has 0 radical (unpaired) electrons. The van der Waals surface area contributed by atoms with E-state index in [1.807, 2.05) is 37.3 Å². The molecule has 0 saturated carbocycles. The molecule has 29 heavy (non-hydrogen) atoms. The highest BCUT2D eigenvalue weighted by Gasteiger charge is 2.29. The summed E-state index contributed by atoms with van der Waals surface area (Å²) in [6, 6.07) is 9.86. The van der Waals surface area contributed by atoms with Crippen molar-refractivity contribution >= 4 is 5.91 Å². The highest BCUT2D eigenvalue weighted by molar-refractivity contribution is 5.92. The third-order valence-electron chi connectivity index (χ3n) is 5.37. The maximum atomic E-state index is 12.8. The largest absolute Gasteiger partial charge is 0.346 e. The highest BCUT2D eigenvalue weighted by atomic mass is 16.2. The molecule has 0 bridgehead atoms. The third kappa shape index (κ3) is 3.96. The molecule has 1 aliphatic heterocycles. The summed E-state index contributed by atoms with van der Waals surface area (Å²) in [6.45, 7) is 4.24. The van der Waals surface area contributed by atoms with Crippen molar-refractivity contribution < 1.29 is 4.79 Å². The summed E-state index contributed by atoms with van der Waals surface area (Å²) in [5, 5.41) is 4.67. The average Bonchev–Trinajstić information content (AvgIpc) is 3.10. The Morgan fingerprint density at radius 2 is 1.90 bits per heavy atom. The minimum absolute atomic E-state index is 0.0792. The number of benzene rings is 1. The van der Waals surface area contributed by atoms with Gasteiger partial charge in [0.1, 0.15) is 11.5 Å². The maximum Gasteiger partial charge on any atom is 0.346 e. The SMILES string of the molecule is CCn1c(C2CCN(C(=O)c3cnccn3)CC2)nn(Cc2ccccc2)c1=O. The Hall–Kier alpha value is -3.29. The van der Waals surface area contributed by atoms with Gasteiger partial charge in [0.15, 0.2) is 0 Å². The van der Waals surface area contributed by atoms with Gasteiger partial charge < -0.3 is 4.90 Å². The molecule has 0 atom stereocenters. The fraction of sp³-hybridized carbons (Fsp3) is 0.381. The van der Waals surface area contributed by atoms with Gasteiger partial charge in [-0.1, -0.05) is 30.3 Å². The number of carbonyl (C=O) groups excluding carboxylic acids is 1. The Morgan fingerprint density at radius 3 is 2.55 bits per heavy atom. The molecular formula is C21H24N6O2. The first-order valence-corrected chi connectivity index (χ1v) is 9.94. The van der Waals surface area contributed by atoms with Crippen LogP contribution in [0.15, 0.2) is 53.7 Å². The van der Waals surface area contributed by atoms with Crippen LogP contribution in [0, 0.1) is 0 Å². The molecule has 0 N–H and O–H groups in total. The Balaban J connectivity index is 1.49. The number of nitrogens with zero attached hydrogens (tertiary/aromatic N) is 6. The highest BCUT2D eigenvalue weighted by Crippen LogP contribution is 2.27. The van der Waals surface area contributed by atoms with Crippen molar-refractivity contribution in [3.63, 3.8) is 0 Å². The molecule has 8 nitrogen and oxygen atoms in total. The molecular weight excluding hydrogens is 368 g/mol. The number of rotatable bonds is 5. The minimum atomic E-state index is -0.0981. The van der Waals surface area contributed by atoms with Gasteiger partial charge in [0.05, 0.1) is 12.7 Å². The minimum Gasteiger partial charge on any atom is -0.337 e. The van der Waals surface area contributed by atoms with Crippen LogP contribution in [0.4, 0.5) is 0 Å². The number of carbonyl (C=O) groups is 1. The van der Waals surface area contributed by atoms with E-state index in [2.05, 4.69) is 15.1 Å². The lowest BCUT2D eigenvalue weighted by Crippen LogP contribution is -2.39. The van der Waals surface area contributed by atoms with Crippen LogP contribution in [-0.4, -0.2) is 48.2 Å². The lowest BCUT2D eigenvalue weighted by molar-refractivity contribution is 0.0703. The number of hydrogen-bond acceptors (Lipinski definition) is 5. The van der Waals surface area contributed by atoms with E-state index in [9.17, 15) is 9.59 Å². The van der Waals surface area contributed by atoms with Crippen molar-refractivity contribution in [2.75, 3.05) is 13.1 Å². The molecule has 2 aromatic heterocycles. The number of likely N-dealkylation sites (tertiary alicyclic amines) is 1. The Kier molecular flexibility index (Phi) is 5.50. The zero-order chi connectivity index (χ0) is 20.2. The molecule has 1 saturated heterocycles. The van der Waals surface area contributed by atoms with Gasteiger partial charge in [-0.25, -0.2) is 14.5 Å². The first-order chi connectivity index (χ1) is 14.2. The van der Waals surface area contributed by atoms with Crippen LogP contribution >= 0.6 is 0 Å². The molecule has 1 aliphatic rings. The fourth-order valence-corrected chi connectivity index (χ4v) is 3.83. The van der Waals surface area contributed by atoms with E-state index in [0.717, 1.165) is 24.2 Å². The summed E-state index contributed by atoms with van der Waals surface area (Å²) < 4.78 is 3.30. The molecule has 1 amide bonds. The van der Waals surface area contributed by atoms with Gasteiger partial charge >= 0.3 is 5.69 Å². The van der Waals surface area contributed by atoms with Crippen LogP contribution in [0.25, 0.3) is 0 Å². The van der Waals surface area contributed by atoms with Gasteiger partial charge in [-0.2, -0.15) is 5.10 Å². The van der Waals surface area contributed by atoms with Crippen molar-refractivity contribution in [1.29, 1.82) is 0 Å². The molecule has 150 valence electrons. The van der Waals surface area contributed by atoms with Crippen LogP contribution in [-0.2, 0) is 13.1 Å². The van der Waals surface area contributed by atoms with Crippen LogP contribution < -0.4 is 5.69 Å². The summed E-state index contributed by atoms with van der Waals surface area (Å²) in [5.74, 6) is 0.879. The lowest BCUT2D eigenvalue weighted by Gasteiger charge is -2.31. The second-order valence-corrected chi connectivity index (χ2v) is 7.19. The lowest BCUT2D eigenvalue weighted by atomic mass is 9.95. The first kappa shape index (κ1) is 19.0. The monoisotopic (exact) mass is 392 g/mol. The van der Waals surface area contributed by atoms with Crippen molar-refractivity contribution in [2.24, 2.45) is 0 Å². The van der Waals surface area contributed by atoms with E-state index >= 15 is 0 Å². The van der Waals surface area contributed by atoms with Crippen molar-refractivity contribution in [1.82, 2.24) is 29.2 Å². The van der Waals surface area contributed by atoms with Gasteiger partial charge in [-0.3, -0.25) is 14.3 Å². The van der Waals surface area contributed by atoms with Crippen molar-refractivity contribution in [2.45, 2.75) is 38.8 Å². The fourth-order valence-electron chi connectivity index (χ4n) is 3.83. The predicted octanol–water partition coefficient (Wildman–Crippen LogP) is 1.92. The first-order valence-electron chi connectivity index (χ1n) is 9.94. The third-order valence-corrected chi connectivity index (χ3v) is 5.37. The van der Waals surface area contributed by atoms with Crippen LogP contribution in [0.1, 0.15) is 47.6 Å². The molecule has 8 heteroatoms. The molecule has 1 aromatic carbocycles. The van der Waals surface area contributed by atoms with Gasteiger partial charge in [-0.15, -0.1) is 0 Å². The molecule has 0 unspecified atom stereocenters. The molecule has 0 aliphatic carbocycles. The smallest absolute Gasteiger partial charge is 0.337 e. The van der Waals surface area contributed by atoms with Crippen LogP contribution in [0.2, 0.25) is 0 Å². The van der Waals surface area contributed by atoms with E-state index in [1.54, 1.807) is 20.3 Å². The summed E-state index contributed by atoms with van der Waals surface area (Å²) in [6.07, 6.45) is 6.12. The van der Waals surface area contributed by atoms with E-state index in [4.69, 9.17) is 0 Å². The molecule has 0 spiro atoms.